The van der Waals surface area contributed by atoms with Crippen molar-refractivity contribution in [3.63, 3.8) is 0 Å². The fraction of sp³-hybridized carbons (Fsp3) is 0.391. The molecular weight excluding hydrogens is 336 g/mol. The monoisotopic (exact) mass is 362 g/mol. The van der Waals surface area contributed by atoms with Crippen molar-refractivity contribution in [1.29, 1.82) is 0 Å². The summed E-state index contributed by atoms with van der Waals surface area (Å²) in [6.07, 6.45) is 2.10. The van der Waals surface area contributed by atoms with Gasteiger partial charge < -0.3 is 10.2 Å². The number of hydrogen-bond donors (Lipinski definition) is 1. The third-order valence-corrected chi connectivity index (χ3v) is 5.77. The molecule has 0 saturated carbocycles. The Morgan fingerprint density at radius 1 is 1.07 bits per heavy atom. The summed E-state index contributed by atoms with van der Waals surface area (Å²) < 4.78 is 0. The van der Waals surface area contributed by atoms with Crippen LogP contribution in [0.25, 0.3) is 0 Å². The average molecular weight is 362 g/mol. The smallest absolute Gasteiger partial charge is 0.254 e. The molecule has 0 spiro atoms. The summed E-state index contributed by atoms with van der Waals surface area (Å²) in [5.41, 5.74) is 5.07. The van der Waals surface area contributed by atoms with Gasteiger partial charge in [0.1, 0.15) is 0 Å². The maximum atomic E-state index is 13.5. The van der Waals surface area contributed by atoms with Crippen molar-refractivity contribution < 1.29 is 9.59 Å². The van der Waals surface area contributed by atoms with Gasteiger partial charge in [0, 0.05) is 23.8 Å². The van der Waals surface area contributed by atoms with Crippen molar-refractivity contribution in [1.82, 2.24) is 4.90 Å². The number of carbonyl (C=O) groups excluding carboxylic acids is 2. The van der Waals surface area contributed by atoms with Crippen molar-refractivity contribution in [2.24, 2.45) is 5.41 Å². The molecule has 4 heteroatoms. The predicted octanol–water partition coefficient (Wildman–Crippen LogP) is 3.84. The molecule has 4 nitrogen and oxygen atoms in total. The number of nitrogens with zero attached hydrogens (tertiary/aromatic N) is 1. The molecular formula is C23H26N2O2. The van der Waals surface area contributed by atoms with Crippen LogP contribution >= 0.6 is 0 Å². The molecule has 0 unspecified atom stereocenters. The van der Waals surface area contributed by atoms with Crippen LogP contribution < -0.4 is 5.32 Å². The number of hydrogen-bond acceptors (Lipinski definition) is 2. The molecule has 27 heavy (non-hydrogen) atoms. The maximum Gasteiger partial charge on any atom is 0.254 e. The fourth-order valence-electron chi connectivity index (χ4n) is 4.26. The molecule has 2 aromatic rings. The number of fused-ring (bicyclic) bond motifs is 2. The standard InChI is InChI=1S/C23H26N2O2/c1-23(2,3)20-13-16-7-5-4-6-15(16)10-11-25(20)22(27)17-8-9-19-18(12-17)14-21(26)24-19/h4-9,12,20H,10-11,13-14H2,1-3H3,(H,24,26)/t20-/m0/s1. The topological polar surface area (TPSA) is 49.4 Å². The molecule has 0 radical (unpaired) electrons. The molecule has 0 fully saturated rings. The minimum atomic E-state index is -0.0264. The van der Waals surface area contributed by atoms with Gasteiger partial charge in [0.15, 0.2) is 0 Å². The van der Waals surface area contributed by atoms with Crippen LogP contribution in [-0.4, -0.2) is 29.3 Å². The molecule has 140 valence electrons. The molecule has 2 amide bonds. The van der Waals surface area contributed by atoms with E-state index in [1.54, 1.807) is 0 Å². The summed E-state index contributed by atoms with van der Waals surface area (Å²) in [7, 11) is 0. The van der Waals surface area contributed by atoms with Crippen molar-refractivity contribution in [2.75, 3.05) is 11.9 Å². The van der Waals surface area contributed by atoms with Crippen molar-refractivity contribution >= 4 is 17.5 Å². The highest BCUT2D eigenvalue weighted by atomic mass is 16.2. The summed E-state index contributed by atoms with van der Waals surface area (Å²) in [5, 5.41) is 2.83. The fourth-order valence-corrected chi connectivity index (χ4v) is 4.26. The highest BCUT2D eigenvalue weighted by Gasteiger charge is 2.36. The van der Waals surface area contributed by atoms with Gasteiger partial charge in [0.25, 0.3) is 5.91 Å². The first-order chi connectivity index (χ1) is 12.8. The number of nitrogens with one attached hydrogen (secondary N) is 1. The summed E-state index contributed by atoms with van der Waals surface area (Å²) in [6, 6.07) is 14.2. The third kappa shape index (κ3) is 3.36. The SMILES string of the molecule is CC(C)(C)[C@@H]1Cc2ccccc2CCN1C(=O)c1ccc2c(c1)CC(=O)N2. The zero-order chi connectivity index (χ0) is 19.2. The molecule has 2 heterocycles. The van der Waals surface area contributed by atoms with E-state index in [1.807, 2.05) is 23.1 Å². The Bertz CT molecular complexity index is 911. The van der Waals surface area contributed by atoms with Crippen LogP contribution in [-0.2, 0) is 24.1 Å². The molecule has 0 bridgehead atoms. The van der Waals surface area contributed by atoms with Gasteiger partial charge in [-0.05, 0) is 53.1 Å². The highest BCUT2D eigenvalue weighted by molar-refractivity contribution is 6.01. The summed E-state index contributed by atoms with van der Waals surface area (Å²) >= 11 is 0. The van der Waals surface area contributed by atoms with Crippen LogP contribution in [0.3, 0.4) is 0 Å². The van der Waals surface area contributed by atoms with Gasteiger partial charge in [-0.25, -0.2) is 0 Å². The summed E-state index contributed by atoms with van der Waals surface area (Å²) in [4.78, 5) is 27.1. The molecule has 4 rings (SSSR count). The van der Waals surface area contributed by atoms with E-state index < -0.39 is 0 Å². The summed E-state index contributed by atoms with van der Waals surface area (Å²) in [5.74, 6) is 0.0530. The lowest BCUT2D eigenvalue weighted by Gasteiger charge is -2.39. The van der Waals surface area contributed by atoms with Gasteiger partial charge in [-0.3, -0.25) is 9.59 Å². The lowest BCUT2D eigenvalue weighted by molar-refractivity contribution is -0.115. The van der Waals surface area contributed by atoms with Gasteiger partial charge in [-0.15, -0.1) is 0 Å². The predicted molar refractivity (Wildman–Crippen MR) is 107 cm³/mol. The minimum absolute atomic E-state index is 0.00705. The summed E-state index contributed by atoms with van der Waals surface area (Å²) in [6.45, 7) is 7.33. The number of anilines is 1. The number of amides is 2. The largest absolute Gasteiger partial charge is 0.334 e. The highest BCUT2D eigenvalue weighted by Crippen LogP contribution is 2.33. The van der Waals surface area contributed by atoms with Crippen LogP contribution in [0.2, 0.25) is 0 Å². The Morgan fingerprint density at radius 2 is 1.81 bits per heavy atom. The van der Waals surface area contributed by atoms with E-state index in [2.05, 4.69) is 50.4 Å². The Hall–Kier alpha value is -2.62. The van der Waals surface area contributed by atoms with Gasteiger partial charge in [0.05, 0.1) is 6.42 Å². The van der Waals surface area contributed by atoms with Crippen molar-refractivity contribution in [3.05, 3.63) is 64.7 Å². The molecule has 0 saturated heterocycles. The van der Waals surface area contributed by atoms with E-state index >= 15 is 0 Å². The molecule has 2 aliphatic rings. The van der Waals surface area contributed by atoms with E-state index in [0.29, 0.717) is 18.5 Å². The quantitative estimate of drug-likeness (QED) is 0.838. The zero-order valence-corrected chi connectivity index (χ0v) is 16.2. The van der Waals surface area contributed by atoms with Gasteiger partial charge in [-0.2, -0.15) is 0 Å². The molecule has 2 aromatic carbocycles. The Morgan fingerprint density at radius 3 is 2.56 bits per heavy atom. The molecule has 1 atom stereocenters. The minimum Gasteiger partial charge on any atom is -0.334 e. The van der Waals surface area contributed by atoms with Crippen LogP contribution in [0.4, 0.5) is 5.69 Å². The number of carbonyl (C=O) groups is 2. The van der Waals surface area contributed by atoms with Crippen molar-refractivity contribution in [3.8, 4) is 0 Å². The van der Waals surface area contributed by atoms with Crippen LogP contribution in [0, 0.1) is 5.41 Å². The first-order valence-corrected chi connectivity index (χ1v) is 9.63. The first kappa shape index (κ1) is 17.8. The van der Waals surface area contributed by atoms with Crippen LogP contribution in [0.15, 0.2) is 42.5 Å². The Balaban J connectivity index is 1.68. The second kappa shape index (κ2) is 6.52. The molecule has 2 aliphatic heterocycles. The van der Waals surface area contributed by atoms with E-state index in [0.717, 1.165) is 24.1 Å². The normalized spacial score (nSPS) is 19.1. The van der Waals surface area contributed by atoms with Gasteiger partial charge in [-0.1, -0.05) is 45.0 Å². The number of benzene rings is 2. The Labute approximate surface area is 160 Å². The molecule has 1 N–H and O–H groups in total. The van der Waals surface area contributed by atoms with E-state index in [-0.39, 0.29) is 23.3 Å². The second-order valence-electron chi connectivity index (χ2n) is 8.70. The van der Waals surface area contributed by atoms with Crippen LogP contribution in [0.1, 0.15) is 47.8 Å². The average Bonchev–Trinajstić information content (AvgIpc) is 2.87. The van der Waals surface area contributed by atoms with Gasteiger partial charge >= 0.3 is 0 Å². The van der Waals surface area contributed by atoms with E-state index in [9.17, 15) is 9.59 Å². The van der Waals surface area contributed by atoms with E-state index in [1.165, 1.54) is 11.1 Å². The number of rotatable bonds is 1. The van der Waals surface area contributed by atoms with Crippen LogP contribution in [0.5, 0.6) is 0 Å². The Kier molecular flexibility index (Phi) is 4.29. The maximum absolute atomic E-state index is 13.5. The van der Waals surface area contributed by atoms with Gasteiger partial charge in [0.2, 0.25) is 5.91 Å². The first-order valence-electron chi connectivity index (χ1n) is 9.63. The third-order valence-electron chi connectivity index (χ3n) is 5.77. The van der Waals surface area contributed by atoms with E-state index in [4.69, 9.17) is 0 Å². The second-order valence-corrected chi connectivity index (χ2v) is 8.70. The molecule has 0 aromatic heterocycles. The van der Waals surface area contributed by atoms with Crippen molar-refractivity contribution in [2.45, 2.75) is 46.1 Å². The molecule has 0 aliphatic carbocycles. The zero-order valence-electron chi connectivity index (χ0n) is 16.2. The lowest BCUT2D eigenvalue weighted by Crippen LogP contribution is -2.48. The lowest BCUT2D eigenvalue weighted by atomic mass is 9.81.